The van der Waals surface area contributed by atoms with Gasteiger partial charge in [-0.15, -0.1) is 0 Å². The molecule has 2 aromatic rings. The van der Waals surface area contributed by atoms with E-state index in [1.54, 1.807) is 18.2 Å². The van der Waals surface area contributed by atoms with E-state index in [9.17, 15) is 14.4 Å². The van der Waals surface area contributed by atoms with Crippen LogP contribution in [0.1, 0.15) is 28.4 Å². The number of benzene rings is 2. The average molecular weight is 480 g/mol. The van der Waals surface area contributed by atoms with Crippen LogP contribution in [0.2, 0.25) is 0 Å². The molecule has 1 unspecified atom stereocenters. The third-order valence-corrected chi connectivity index (χ3v) is 4.86. The second-order valence-electron chi connectivity index (χ2n) is 6.06. The SMILES string of the molecule is Cc1cccc(C)c1NC(=O)CNC(=O)C(C)OC(=O)c1ccccc1I. The zero-order chi connectivity index (χ0) is 20.0. The first-order valence-electron chi connectivity index (χ1n) is 8.39. The maximum Gasteiger partial charge on any atom is 0.339 e. The first-order valence-corrected chi connectivity index (χ1v) is 9.46. The molecule has 2 N–H and O–H groups in total. The number of nitrogens with one attached hydrogen (secondary N) is 2. The van der Waals surface area contributed by atoms with E-state index in [0.29, 0.717) is 5.56 Å². The van der Waals surface area contributed by atoms with Crippen molar-refractivity contribution >= 4 is 46.1 Å². The number of ether oxygens (including phenoxy) is 1. The average Bonchev–Trinajstić information content (AvgIpc) is 2.63. The Hall–Kier alpha value is -2.42. The van der Waals surface area contributed by atoms with E-state index in [1.807, 2.05) is 60.7 Å². The van der Waals surface area contributed by atoms with Gasteiger partial charge in [-0.25, -0.2) is 4.79 Å². The summed E-state index contributed by atoms with van der Waals surface area (Å²) in [5.74, 6) is -1.47. The molecule has 0 aliphatic carbocycles. The molecule has 0 aliphatic rings. The number of para-hydroxylation sites is 1. The van der Waals surface area contributed by atoms with Crippen molar-refractivity contribution in [3.05, 3.63) is 62.7 Å². The van der Waals surface area contributed by atoms with E-state index < -0.39 is 18.0 Å². The lowest BCUT2D eigenvalue weighted by Gasteiger charge is -2.15. The van der Waals surface area contributed by atoms with Gasteiger partial charge in [0.2, 0.25) is 5.91 Å². The molecule has 0 radical (unpaired) electrons. The van der Waals surface area contributed by atoms with Gasteiger partial charge in [-0.2, -0.15) is 0 Å². The summed E-state index contributed by atoms with van der Waals surface area (Å²) in [5.41, 5.74) is 3.00. The maximum absolute atomic E-state index is 12.1. The van der Waals surface area contributed by atoms with Gasteiger partial charge in [0.05, 0.1) is 12.1 Å². The van der Waals surface area contributed by atoms with Gasteiger partial charge in [0, 0.05) is 9.26 Å². The Morgan fingerprint density at radius 2 is 1.67 bits per heavy atom. The minimum absolute atomic E-state index is 0.211. The van der Waals surface area contributed by atoms with Crippen molar-refractivity contribution in [3.8, 4) is 0 Å². The fourth-order valence-corrected chi connectivity index (χ4v) is 3.02. The molecular weight excluding hydrogens is 459 g/mol. The summed E-state index contributed by atoms with van der Waals surface area (Å²) in [6.45, 7) is 5.05. The van der Waals surface area contributed by atoms with Crippen molar-refractivity contribution in [1.29, 1.82) is 0 Å². The Balaban J connectivity index is 1.86. The zero-order valence-electron chi connectivity index (χ0n) is 15.3. The first-order chi connectivity index (χ1) is 12.8. The molecule has 27 heavy (non-hydrogen) atoms. The molecule has 0 saturated carbocycles. The topological polar surface area (TPSA) is 84.5 Å². The van der Waals surface area contributed by atoms with Crippen LogP contribution < -0.4 is 10.6 Å². The number of rotatable bonds is 6. The van der Waals surface area contributed by atoms with Gasteiger partial charge in [0.1, 0.15) is 0 Å². The number of esters is 1. The van der Waals surface area contributed by atoms with E-state index in [2.05, 4.69) is 10.6 Å². The van der Waals surface area contributed by atoms with Gasteiger partial charge in [-0.3, -0.25) is 9.59 Å². The second kappa shape index (κ2) is 9.50. The van der Waals surface area contributed by atoms with Crippen LogP contribution in [0.15, 0.2) is 42.5 Å². The molecule has 2 amide bonds. The van der Waals surface area contributed by atoms with Crippen LogP contribution in [-0.2, 0) is 14.3 Å². The molecule has 0 spiro atoms. The van der Waals surface area contributed by atoms with Gasteiger partial charge < -0.3 is 15.4 Å². The van der Waals surface area contributed by atoms with Crippen LogP contribution in [0.4, 0.5) is 5.69 Å². The number of amides is 2. The predicted molar refractivity (Wildman–Crippen MR) is 112 cm³/mol. The van der Waals surface area contributed by atoms with Crippen molar-refractivity contribution in [2.75, 3.05) is 11.9 Å². The summed E-state index contributed by atoms with van der Waals surface area (Å²) in [7, 11) is 0. The van der Waals surface area contributed by atoms with Gasteiger partial charge in [-0.1, -0.05) is 30.3 Å². The molecule has 142 valence electrons. The molecule has 0 fully saturated rings. The van der Waals surface area contributed by atoms with Crippen LogP contribution in [0.5, 0.6) is 0 Å². The van der Waals surface area contributed by atoms with Gasteiger partial charge in [0.15, 0.2) is 6.10 Å². The summed E-state index contributed by atoms with van der Waals surface area (Å²) in [5, 5.41) is 5.27. The molecule has 0 heterocycles. The predicted octanol–water partition coefficient (Wildman–Crippen LogP) is 3.21. The Labute approximate surface area is 171 Å². The lowest BCUT2D eigenvalue weighted by atomic mass is 10.1. The van der Waals surface area contributed by atoms with E-state index in [0.717, 1.165) is 20.4 Å². The summed E-state index contributed by atoms with van der Waals surface area (Å²) >= 11 is 2.03. The molecule has 0 aliphatic heterocycles. The van der Waals surface area contributed by atoms with Crippen LogP contribution in [0.25, 0.3) is 0 Å². The van der Waals surface area contributed by atoms with E-state index in [1.165, 1.54) is 6.92 Å². The van der Waals surface area contributed by atoms with Crippen molar-refractivity contribution < 1.29 is 19.1 Å². The number of carbonyl (C=O) groups excluding carboxylic acids is 3. The largest absolute Gasteiger partial charge is 0.449 e. The van der Waals surface area contributed by atoms with Gasteiger partial charge in [-0.05, 0) is 66.6 Å². The Kier molecular flexibility index (Phi) is 7.35. The first kappa shape index (κ1) is 20.9. The molecule has 0 aromatic heterocycles. The van der Waals surface area contributed by atoms with Crippen LogP contribution >= 0.6 is 22.6 Å². The number of carbonyl (C=O) groups is 3. The van der Waals surface area contributed by atoms with E-state index in [-0.39, 0.29) is 12.5 Å². The van der Waals surface area contributed by atoms with Crippen molar-refractivity contribution in [2.24, 2.45) is 0 Å². The summed E-state index contributed by atoms with van der Waals surface area (Å²) < 4.78 is 5.92. The monoisotopic (exact) mass is 480 g/mol. The highest BCUT2D eigenvalue weighted by molar-refractivity contribution is 14.1. The second-order valence-corrected chi connectivity index (χ2v) is 7.22. The third kappa shape index (κ3) is 5.78. The molecular formula is C20H21IN2O4. The molecule has 6 nitrogen and oxygen atoms in total. The third-order valence-electron chi connectivity index (χ3n) is 3.92. The Bertz CT molecular complexity index is 847. The Morgan fingerprint density at radius 1 is 1.04 bits per heavy atom. The number of hydrogen-bond donors (Lipinski definition) is 2. The fraction of sp³-hybridized carbons (Fsp3) is 0.250. The Morgan fingerprint density at radius 3 is 2.30 bits per heavy atom. The van der Waals surface area contributed by atoms with E-state index in [4.69, 9.17) is 4.74 Å². The number of halogens is 1. The highest BCUT2D eigenvalue weighted by Crippen LogP contribution is 2.19. The van der Waals surface area contributed by atoms with Crippen LogP contribution in [-0.4, -0.2) is 30.4 Å². The molecule has 0 saturated heterocycles. The van der Waals surface area contributed by atoms with Crippen molar-refractivity contribution in [2.45, 2.75) is 26.9 Å². The van der Waals surface area contributed by atoms with Gasteiger partial charge in [0.25, 0.3) is 5.91 Å². The number of aryl methyl sites for hydroxylation is 2. The highest BCUT2D eigenvalue weighted by Gasteiger charge is 2.20. The van der Waals surface area contributed by atoms with Crippen molar-refractivity contribution in [3.63, 3.8) is 0 Å². The number of anilines is 1. The molecule has 0 bridgehead atoms. The smallest absolute Gasteiger partial charge is 0.339 e. The summed E-state index contributed by atoms with van der Waals surface area (Å²) in [6.07, 6.45) is -1.01. The minimum atomic E-state index is -1.01. The highest BCUT2D eigenvalue weighted by atomic mass is 127. The lowest BCUT2D eigenvalue weighted by molar-refractivity contribution is -0.130. The molecule has 7 heteroatoms. The quantitative estimate of drug-likeness (QED) is 0.492. The maximum atomic E-state index is 12.1. The summed E-state index contributed by atoms with van der Waals surface area (Å²) in [6, 6.07) is 12.6. The standard InChI is InChI=1S/C20H21IN2O4/c1-12-7-6-8-13(2)18(12)23-17(24)11-22-19(25)14(3)27-20(26)15-9-4-5-10-16(15)21/h4-10,14H,11H2,1-3H3,(H,22,25)(H,23,24). The lowest BCUT2D eigenvalue weighted by Crippen LogP contribution is -2.40. The van der Waals surface area contributed by atoms with Crippen LogP contribution in [0, 0.1) is 17.4 Å². The minimum Gasteiger partial charge on any atom is -0.449 e. The van der Waals surface area contributed by atoms with Crippen molar-refractivity contribution in [1.82, 2.24) is 5.32 Å². The van der Waals surface area contributed by atoms with Gasteiger partial charge >= 0.3 is 5.97 Å². The summed E-state index contributed by atoms with van der Waals surface area (Å²) in [4.78, 5) is 36.4. The van der Waals surface area contributed by atoms with E-state index >= 15 is 0 Å². The number of hydrogen-bond acceptors (Lipinski definition) is 4. The fourth-order valence-electron chi connectivity index (χ4n) is 2.41. The molecule has 2 rings (SSSR count). The zero-order valence-corrected chi connectivity index (χ0v) is 17.5. The normalized spacial score (nSPS) is 11.4. The molecule has 1 atom stereocenters. The van der Waals surface area contributed by atoms with Crippen LogP contribution in [0.3, 0.4) is 0 Å². The molecule has 2 aromatic carbocycles.